The van der Waals surface area contributed by atoms with Crippen LogP contribution < -0.4 is 15.8 Å². The Bertz CT molecular complexity index is 1870. The van der Waals surface area contributed by atoms with Crippen LogP contribution in [-0.4, -0.2) is 74.2 Å². The number of rotatable bonds is 16. The third-order valence-corrected chi connectivity index (χ3v) is 12.7. The van der Waals surface area contributed by atoms with Crippen LogP contribution in [0, 0.1) is 16.7 Å². The molecule has 1 aliphatic heterocycles. The van der Waals surface area contributed by atoms with Gasteiger partial charge in [-0.3, -0.25) is 19.1 Å². The van der Waals surface area contributed by atoms with Gasteiger partial charge >= 0.3 is 6.09 Å². The number of ether oxygens (including phenoxy) is 2. The highest BCUT2D eigenvalue weighted by atomic mass is 32.2. The van der Waals surface area contributed by atoms with Crippen molar-refractivity contribution in [1.29, 1.82) is 0 Å². The van der Waals surface area contributed by atoms with E-state index >= 15 is 0 Å². The number of aryl methyl sites for hydroxylation is 1. The fourth-order valence-electron chi connectivity index (χ4n) is 7.49. The predicted octanol–water partition coefficient (Wildman–Crippen LogP) is 5.35. The van der Waals surface area contributed by atoms with Gasteiger partial charge in [0.1, 0.15) is 17.2 Å². The van der Waals surface area contributed by atoms with Gasteiger partial charge in [0.25, 0.3) is 5.91 Å². The molecule has 2 aromatic carbocycles. The van der Waals surface area contributed by atoms with E-state index < -0.39 is 56.3 Å². The van der Waals surface area contributed by atoms with E-state index in [0.29, 0.717) is 12.8 Å². The highest BCUT2D eigenvalue weighted by Crippen LogP contribution is 2.47. The van der Waals surface area contributed by atoms with Crippen molar-refractivity contribution in [3.05, 3.63) is 72.3 Å². The molecule has 12 nitrogen and oxygen atoms in total. The van der Waals surface area contributed by atoms with Crippen LogP contribution in [0.1, 0.15) is 90.7 Å². The van der Waals surface area contributed by atoms with Gasteiger partial charge in [0.2, 0.25) is 21.8 Å². The lowest BCUT2D eigenvalue weighted by Gasteiger charge is -2.30. The van der Waals surface area contributed by atoms with Gasteiger partial charge < -0.3 is 25.4 Å². The lowest BCUT2D eigenvalue weighted by molar-refractivity contribution is -0.141. The average Bonchev–Trinajstić information content (AvgIpc) is 4.03. The van der Waals surface area contributed by atoms with Crippen molar-refractivity contribution >= 4 is 33.8 Å². The Balaban J connectivity index is 1.37. The second-order valence-corrected chi connectivity index (χ2v) is 19.2. The normalized spacial score (nSPS) is 24.1. The van der Waals surface area contributed by atoms with Crippen LogP contribution in [0.4, 0.5) is 4.79 Å². The molecule has 0 aromatic heterocycles. The van der Waals surface area contributed by atoms with Gasteiger partial charge in [-0.05, 0) is 71.6 Å². The number of nitrogens with one attached hydrogen (secondary N) is 2. The lowest BCUT2D eigenvalue weighted by Crippen LogP contribution is -2.56. The Labute approximate surface area is 319 Å². The number of amides is 4. The number of methoxy groups -OCH3 is 1. The number of benzene rings is 2. The Morgan fingerprint density at radius 2 is 1.69 bits per heavy atom. The zero-order valence-corrected chi connectivity index (χ0v) is 33.2. The van der Waals surface area contributed by atoms with E-state index in [2.05, 4.69) is 28.8 Å². The summed E-state index contributed by atoms with van der Waals surface area (Å²) in [5, 5.41) is 2.26. The average molecular weight is 765 g/mol. The molecule has 3 aliphatic rings. The van der Waals surface area contributed by atoms with Gasteiger partial charge in [0, 0.05) is 25.9 Å². The first-order chi connectivity index (χ1) is 25.2. The Hall–Kier alpha value is -4.23. The Morgan fingerprint density at radius 3 is 2.26 bits per heavy atom. The summed E-state index contributed by atoms with van der Waals surface area (Å²) in [6.07, 6.45) is 4.80. The Kier molecular flexibility index (Phi) is 11.7. The van der Waals surface area contributed by atoms with Gasteiger partial charge in [0.05, 0.1) is 18.4 Å². The standard InChI is InChI=1S/C41H56N4O8S/c1-8-29-22-41(29,36(48)44-54(50,51)31-19-20-31)43-35(47)33-23-40(52-7,25-45(33)34(46)24-38(2,3)4)30-17-15-28(16-18-30)32-14-10-9-12-27(32)13-11-21-39(5,6)26-53-37(42)49/h8-10,12,14-18,29,31,33H,1,11,13,19-26H2,2-7H3,(H2,42,49)(H,43,47)(H,44,48)/t29-,33+,40+,41-/m1/s1. The van der Waals surface area contributed by atoms with Gasteiger partial charge in [-0.2, -0.15) is 0 Å². The van der Waals surface area contributed by atoms with Crippen LogP contribution in [0.3, 0.4) is 0 Å². The summed E-state index contributed by atoms with van der Waals surface area (Å²) in [5.74, 6) is -2.01. The summed E-state index contributed by atoms with van der Waals surface area (Å²) < 4.78 is 38.8. The van der Waals surface area contributed by atoms with Gasteiger partial charge in [-0.15, -0.1) is 6.58 Å². The zero-order chi connectivity index (χ0) is 39.7. The molecule has 0 bridgehead atoms. The second kappa shape index (κ2) is 15.5. The molecule has 0 spiro atoms. The number of carbonyl (C=O) groups is 4. The molecule has 5 rings (SSSR count). The van der Waals surface area contributed by atoms with Crippen molar-refractivity contribution in [2.75, 3.05) is 20.3 Å². The largest absolute Gasteiger partial charge is 0.449 e. The molecule has 4 amide bonds. The van der Waals surface area contributed by atoms with Crippen molar-refractivity contribution in [2.45, 2.75) is 108 Å². The quantitative estimate of drug-likeness (QED) is 0.192. The van der Waals surface area contributed by atoms with E-state index in [1.807, 2.05) is 71.0 Å². The second-order valence-electron chi connectivity index (χ2n) is 17.2. The predicted molar refractivity (Wildman–Crippen MR) is 206 cm³/mol. The van der Waals surface area contributed by atoms with Crippen LogP contribution in [0.5, 0.6) is 0 Å². The number of likely N-dealkylation sites (tertiary alicyclic amines) is 1. The van der Waals surface area contributed by atoms with Crippen molar-refractivity contribution in [1.82, 2.24) is 14.9 Å². The van der Waals surface area contributed by atoms with E-state index in [9.17, 15) is 27.6 Å². The van der Waals surface area contributed by atoms with Crippen LogP contribution in [0.25, 0.3) is 11.1 Å². The topological polar surface area (TPSA) is 174 Å². The third-order valence-electron chi connectivity index (χ3n) is 10.9. The number of carbonyl (C=O) groups excluding carboxylic acids is 4. The van der Waals surface area contributed by atoms with Crippen molar-refractivity contribution in [2.24, 2.45) is 22.5 Å². The molecular weight excluding hydrogens is 709 g/mol. The molecule has 1 saturated heterocycles. The molecule has 54 heavy (non-hydrogen) atoms. The fraction of sp³-hybridized carbons (Fsp3) is 0.561. The molecule has 2 aromatic rings. The first-order valence-corrected chi connectivity index (χ1v) is 20.3. The van der Waals surface area contributed by atoms with Gasteiger partial charge in [0.15, 0.2) is 0 Å². The molecule has 0 unspecified atom stereocenters. The molecule has 0 radical (unpaired) electrons. The van der Waals surface area contributed by atoms with Crippen LogP contribution in [0.15, 0.2) is 61.2 Å². The highest BCUT2D eigenvalue weighted by molar-refractivity contribution is 7.91. The monoisotopic (exact) mass is 764 g/mol. The van der Waals surface area contributed by atoms with E-state index in [0.717, 1.165) is 36.0 Å². The fourth-order valence-corrected chi connectivity index (χ4v) is 8.85. The van der Waals surface area contributed by atoms with Gasteiger partial charge in [-0.25, -0.2) is 13.2 Å². The maximum absolute atomic E-state index is 14.2. The van der Waals surface area contributed by atoms with Crippen molar-refractivity contribution in [3.8, 4) is 11.1 Å². The summed E-state index contributed by atoms with van der Waals surface area (Å²) >= 11 is 0. The molecule has 1 heterocycles. The Morgan fingerprint density at radius 1 is 1.02 bits per heavy atom. The molecule has 4 atom stereocenters. The number of nitrogens with two attached hydrogens (primary N) is 1. The first-order valence-electron chi connectivity index (χ1n) is 18.7. The minimum atomic E-state index is -3.85. The number of hydrogen-bond acceptors (Lipinski definition) is 8. The number of primary amides is 1. The van der Waals surface area contributed by atoms with Crippen molar-refractivity contribution < 1.29 is 37.1 Å². The van der Waals surface area contributed by atoms with Crippen LogP contribution >= 0.6 is 0 Å². The van der Waals surface area contributed by atoms with E-state index in [1.54, 1.807) is 18.1 Å². The number of nitrogens with zero attached hydrogens (tertiary/aromatic N) is 1. The highest BCUT2D eigenvalue weighted by Gasteiger charge is 2.62. The third kappa shape index (κ3) is 9.34. The zero-order valence-electron chi connectivity index (χ0n) is 32.4. The molecule has 2 aliphatic carbocycles. The van der Waals surface area contributed by atoms with Crippen LogP contribution in [0.2, 0.25) is 0 Å². The number of hydrogen-bond donors (Lipinski definition) is 3. The summed E-state index contributed by atoms with van der Waals surface area (Å²) in [4.78, 5) is 54.2. The van der Waals surface area contributed by atoms with E-state index in [-0.39, 0.29) is 49.2 Å². The molecule has 13 heteroatoms. The minimum Gasteiger partial charge on any atom is -0.449 e. The molecule has 294 valence electrons. The maximum atomic E-state index is 14.2. The summed E-state index contributed by atoms with van der Waals surface area (Å²) in [5.41, 5.74) is 6.15. The van der Waals surface area contributed by atoms with E-state index in [1.165, 1.54) is 5.56 Å². The lowest BCUT2D eigenvalue weighted by atomic mass is 9.86. The van der Waals surface area contributed by atoms with Crippen molar-refractivity contribution in [3.63, 3.8) is 0 Å². The molecule has 2 saturated carbocycles. The summed E-state index contributed by atoms with van der Waals surface area (Å²) in [6, 6.07) is 15.2. The SMILES string of the molecule is C=C[C@@H]1C[C@]1(NC(=O)[C@@H]1C[C@@](OC)(c2ccc(-c3ccccc3CCCC(C)(C)COC(N)=O)cc2)CN1C(=O)CC(C)(C)C)C(=O)NS(=O)(=O)C1CC1. The van der Waals surface area contributed by atoms with Crippen LogP contribution in [-0.2, 0) is 45.9 Å². The number of sulfonamides is 1. The molecule has 4 N–H and O–H groups in total. The summed E-state index contributed by atoms with van der Waals surface area (Å²) in [7, 11) is -2.28. The molecular formula is C41H56N4O8S. The van der Waals surface area contributed by atoms with Gasteiger partial charge in [-0.1, -0.05) is 89.2 Å². The van der Waals surface area contributed by atoms with E-state index in [4.69, 9.17) is 15.2 Å². The smallest absolute Gasteiger partial charge is 0.404 e. The minimum absolute atomic E-state index is 0.113. The molecule has 3 fully saturated rings. The first kappa shape index (κ1) is 40.9. The summed E-state index contributed by atoms with van der Waals surface area (Å²) in [6.45, 7) is 14.1. The maximum Gasteiger partial charge on any atom is 0.404 e.